The maximum Gasteiger partial charge on any atom is 0.278 e. The van der Waals surface area contributed by atoms with Gasteiger partial charge in [-0.05, 0) is 31.5 Å². The van der Waals surface area contributed by atoms with Gasteiger partial charge in [-0.15, -0.1) is 0 Å². The first-order chi connectivity index (χ1) is 10.2. The number of hydrogen-bond donors (Lipinski definition) is 1. The lowest BCUT2D eigenvalue weighted by Gasteiger charge is -2.11. The number of ether oxygens (including phenoxy) is 1. The van der Waals surface area contributed by atoms with Gasteiger partial charge >= 0.3 is 0 Å². The Bertz CT molecular complexity index is 610. The number of nitrogens with one attached hydrogen (secondary N) is 1. The number of carbonyl (C=O) groups is 1. The summed E-state index contributed by atoms with van der Waals surface area (Å²) in [5.74, 6) is 0.230. The second-order valence-electron chi connectivity index (χ2n) is 4.64. The first-order valence-electron chi connectivity index (χ1n) is 6.90. The standard InChI is InChI=1S/C17H19NO3/c1-3-21-18-17(19)15-9-4-5-10-16(15)20-12-14-8-6-7-13(2)11-14/h4-11H,3,12H2,1-2H3,(H,18,19). The van der Waals surface area contributed by atoms with Crippen LogP contribution in [0.5, 0.6) is 5.75 Å². The predicted octanol–water partition coefficient (Wildman–Crippen LogP) is 3.26. The summed E-state index contributed by atoms with van der Waals surface area (Å²) in [7, 11) is 0. The molecule has 21 heavy (non-hydrogen) atoms. The van der Waals surface area contributed by atoms with Crippen LogP contribution in [0.1, 0.15) is 28.4 Å². The van der Waals surface area contributed by atoms with Gasteiger partial charge in [-0.2, -0.15) is 0 Å². The topological polar surface area (TPSA) is 47.6 Å². The molecule has 0 bridgehead atoms. The molecule has 4 nitrogen and oxygen atoms in total. The Kier molecular flexibility index (Phi) is 5.35. The van der Waals surface area contributed by atoms with Crippen molar-refractivity contribution in [3.05, 3.63) is 65.2 Å². The van der Waals surface area contributed by atoms with Crippen LogP contribution in [-0.4, -0.2) is 12.5 Å². The summed E-state index contributed by atoms with van der Waals surface area (Å²) in [5.41, 5.74) is 5.08. The first-order valence-corrected chi connectivity index (χ1v) is 6.90. The Hall–Kier alpha value is -2.33. The Morgan fingerprint density at radius 3 is 2.71 bits per heavy atom. The number of para-hydroxylation sites is 1. The first kappa shape index (κ1) is 15.1. The quantitative estimate of drug-likeness (QED) is 0.829. The van der Waals surface area contributed by atoms with Crippen molar-refractivity contribution in [2.24, 2.45) is 0 Å². The third-order valence-electron chi connectivity index (χ3n) is 2.92. The minimum atomic E-state index is -0.309. The molecule has 0 saturated heterocycles. The van der Waals surface area contributed by atoms with Crippen LogP contribution in [0.25, 0.3) is 0 Å². The van der Waals surface area contributed by atoms with Gasteiger partial charge in [0.25, 0.3) is 5.91 Å². The zero-order chi connectivity index (χ0) is 15.1. The number of aryl methyl sites for hydroxylation is 1. The van der Waals surface area contributed by atoms with Gasteiger partial charge in [-0.25, -0.2) is 5.48 Å². The fourth-order valence-electron chi connectivity index (χ4n) is 1.94. The molecule has 0 aromatic heterocycles. The fourth-order valence-corrected chi connectivity index (χ4v) is 1.94. The fraction of sp³-hybridized carbons (Fsp3) is 0.235. The van der Waals surface area contributed by atoms with Gasteiger partial charge < -0.3 is 4.74 Å². The number of hydrogen-bond acceptors (Lipinski definition) is 3. The van der Waals surface area contributed by atoms with Gasteiger partial charge in [-0.1, -0.05) is 42.0 Å². The molecule has 1 N–H and O–H groups in total. The summed E-state index contributed by atoms with van der Waals surface area (Å²) < 4.78 is 5.76. The zero-order valence-corrected chi connectivity index (χ0v) is 12.3. The van der Waals surface area contributed by atoms with E-state index in [1.165, 1.54) is 5.56 Å². The summed E-state index contributed by atoms with van der Waals surface area (Å²) in [6.45, 7) is 4.67. The highest BCUT2D eigenvalue weighted by Crippen LogP contribution is 2.19. The van der Waals surface area contributed by atoms with E-state index in [0.717, 1.165) is 5.56 Å². The van der Waals surface area contributed by atoms with E-state index in [2.05, 4.69) is 11.5 Å². The average molecular weight is 285 g/mol. The number of rotatable bonds is 6. The normalized spacial score (nSPS) is 10.2. The number of amides is 1. The molecule has 0 aliphatic carbocycles. The van der Waals surface area contributed by atoms with Crippen LogP contribution in [0, 0.1) is 6.92 Å². The van der Waals surface area contributed by atoms with Gasteiger partial charge in [0.2, 0.25) is 0 Å². The van der Waals surface area contributed by atoms with Crippen molar-refractivity contribution in [2.75, 3.05) is 6.61 Å². The van der Waals surface area contributed by atoms with Gasteiger partial charge in [-0.3, -0.25) is 9.63 Å². The van der Waals surface area contributed by atoms with E-state index >= 15 is 0 Å². The molecule has 0 aliphatic rings. The van der Waals surface area contributed by atoms with Crippen LogP contribution >= 0.6 is 0 Å². The van der Waals surface area contributed by atoms with Crippen molar-refractivity contribution in [3.8, 4) is 5.75 Å². The van der Waals surface area contributed by atoms with Crippen LogP contribution < -0.4 is 10.2 Å². The predicted molar refractivity (Wildman–Crippen MR) is 81.0 cm³/mol. The number of carbonyl (C=O) groups excluding carboxylic acids is 1. The van der Waals surface area contributed by atoms with Crippen molar-refractivity contribution in [2.45, 2.75) is 20.5 Å². The van der Waals surface area contributed by atoms with E-state index in [0.29, 0.717) is 24.5 Å². The van der Waals surface area contributed by atoms with Gasteiger partial charge in [0.1, 0.15) is 12.4 Å². The average Bonchev–Trinajstić information content (AvgIpc) is 2.51. The van der Waals surface area contributed by atoms with Crippen LogP contribution in [0.2, 0.25) is 0 Å². The molecule has 0 heterocycles. The summed E-state index contributed by atoms with van der Waals surface area (Å²) in [6.07, 6.45) is 0. The highest BCUT2D eigenvalue weighted by atomic mass is 16.6. The molecule has 110 valence electrons. The van der Waals surface area contributed by atoms with Crippen molar-refractivity contribution in [3.63, 3.8) is 0 Å². The molecule has 0 atom stereocenters. The van der Waals surface area contributed by atoms with E-state index in [-0.39, 0.29) is 5.91 Å². The number of benzene rings is 2. The van der Waals surface area contributed by atoms with Crippen LogP contribution in [-0.2, 0) is 11.4 Å². The van der Waals surface area contributed by atoms with Gasteiger partial charge in [0, 0.05) is 0 Å². The molecular weight excluding hydrogens is 266 g/mol. The highest BCUT2D eigenvalue weighted by Gasteiger charge is 2.12. The Labute approximate surface area is 124 Å². The van der Waals surface area contributed by atoms with Crippen LogP contribution in [0.4, 0.5) is 0 Å². The second-order valence-corrected chi connectivity index (χ2v) is 4.64. The molecule has 2 aromatic carbocycles. The molecule has 0 fully saturated rings. The van der Waals surface area contributed by atoms with E-state index in [1.807, 2.05) is 31.2 Å². The summed E-state index contributed by atoms with van der Waals surface area (Å²) in [5, 5.41) is 0. The van der Waals surface area contributed by atoms with E-state index < -0.39 is 0 Å². The van der Waals surface area contributed by atoms with Crippen LogP contribution in [0.15, 0.2) is 48.5 Å². The second kappa shape index (κ2) is 7.45. The lowest BCUT2D eigenvalue weighted by Crippen LogP contribution is -2.24. The molecule has 0 saturated carbocycles. The largest absolute Gasteiger partial charge is 0.488 e. The molecule has 0 radical (unpaired) electrons. The van der Waals surface area contributed by atoms with Crippen molar-refractivity contribution < 1.29 is 14.4 Å². The maximum atomic E-state index is 12.0. The lowest BCUT2D eigenvalue weighted by molar-refractivity contribution is 0.0361. The summed E-state index contributed by atoms with van der Waals surface area (Å²) in [6, 6.07) is 15.2. The molecule has 0 spiro atoms. The zero-order valence-electron chi connectivity index (χ0n) is 12.3. The molecule has 1 amide bonds. The molecular formula is C17H19NO3. The molecule has 2 aromatic rings. The van der Waals surface area contributed by atoms with Gasteiger partial charge in [0.15, 0.2) is 0 Å². The Morgan fingerprint density at radius 2 is 1.95 bits per heavy atom. The van der Waals surface area contributed by atoms with E-state index in [4.69, 9.17) is 9.57 Å². The van der Waals surface area contributed by atoms with Crippen molar-refractivity contribution >= 4 is 5.91 Å². The smallest absolute Gasteiger partial charge is 0.278 e. The van der Waals surface area contributed by atoms with Crippen molar-refractivity contribution in [1.82, 2.24) is 5.48 Å². The third-order valence-corrected chi connectivity index (χ3v) is 2.92. The third kappa shape index (κ3) is 4.33. The molecule has 2 rings (SSSR count). The van der Waals surface area contributed by atoms with Gasteiger partial charge in [0.05, 0.1) is 12.2 Å². The minimum Gasteiger partial charge on any atom is -0.488 e. The Balaban J connectivity index is 2.08. The van der Waals surface area contributed by atoms with Crippen molar-refractivity contribution in [1.29, 1.82) is 0 Å². The highest BCUT2D eigenvalue weighted by molar-refractivity contribution is 5.96. The lowest BCUT2D eigenvalue weighted by atomic mass is 10.1. The van der Waals surface area contributed by atoms with E-state index in [9.17, 15) is 4.79 Å². The minimum absolute atomic E-state index is 0.309. The van der Waals surface area contributed by atoms with E-state index in [1.54, 1.807) is 25.1 Å². The molecule has 4 heteroatoms. The molecule has 0 unspecified atom stereocenters. The molecule has 0 aliphatic heterocycles. The summed E-state index contributed by atoms with van der Waals surface area (Å²) >= 11 is 0. The summed E-state index contributed by atoms with van der Waals surface area (Å²) in [4.78, 5) is 16.9. The number of hydroxylamine groups is 1. The maximum absolute atomic E-state index is 12.0. The monoisotopic (exact) mass is 285 g/mol. The SMILES string of the molecule is CCONC(=O)c1ccccc1OCc1cccc(C)c1. The van der Waals surface area contributed by atoms with Crippen LogP contribution in [0.3, 0.4) is 0 Å². The Morgan fingerprint density at radius 1 is 1.14 bits per heavy atom.